The summed E-state index contributed by atoms with van der Waals surface area (Å²) in [5.74, 6) is 0.977. The first-order valence-electron chi connectivity index (χ1n) is 7.64. The Bertz CT molecular complexity index is 475. The molecule has 0 aliphatic carbocycles. The summed E-state index contributed by atoms with van der Waals surface area (Å²) in [6.45, 7) is 3.59. The third kappa shape index (κ3) is 3.89. The number of hydrogen-bond donors (Lipinski definition) is 1. The fourth-order valence-corrected chi connectivity index (χ4v) is 3.35. The van der Waals surface area contributed by atoms with Gasteiger partial charge in [0.2, 0.25) is 0 Å². The Kier molecular flexibility index (Phi) is 5.01. The molecule has 0 bridgehead atoms. The van der Waals surface area contributed by atoms with Crippen LogP contribution in [-0.4, -0.2) is 55.1 Å². The van der Waals surface area contributed by atoms with Gasteiger partial charge in [0.25, 0.3) is 0 Å². The van der Waals surface area contributed by atoms with Crippen molar-refractivity contribution in [2.45, 2.75) is 31.5 Å². The molecule has 0 saturated carbocycles. The summed E-state index contributed by atoms with van der Waals surface area (Å²) in [5, 5.41) is 9.56. The lowest BCUT2D eigenvalue weighted by Gasteiger charge is -2.33. The maximum atomic E-state index is 8.78. The Hall–Kier alpha value is -0.810. The molecular formula is C16H22ClNO3. The minimum atomic E-state index is 0.108. The van der Waals surface area contributed by atoms with E-state index in [1.54, 1.807) is 0 Å². The number of halogens is 1. The lowest BCUT2D eigenvalue weighted by Crippen LogP contribution is -2.42. The fraction of sp³-hybridized carbons (Fsp3) is 0.625. The molecular weight excluding hydrogens is 290 g/mol. The van der Waals surface area contributed by atoms with Gasteiger partial charge in [0, 0.05) is 31.1 Å². The summed E-state index contributed by atoms with van der Waals surface area (Å²) >= 11 is 6.02. The highest BCUT2D eigenvalue weighted by atomic mass is 35.5. The van der Waals surface area contributed by atoms with Gasteiger partial charge in [-0.05, 0) is 36.6 Å². The van der Waals surface area contributed by atoms with Crippen LogP contribution in [0.5, 0.6) is 5.75 Å². The van der Waals surface area contributed by atoms with E-state index in [4.69, 9.17) is 26.2 Å². The lowest BCUT2D eigenvalue weighted by atomic mass is 10.1. The summed E-state index contributed by atoms with van der Waals surface area (Å²) in [4.78, 5) is 2.44. The normalized spacial score (nSPS) is 23.0. The molecule has 5 heteroatoms. The van der Waals surface area contributed by atoms with E-state index in [9.17, 15) is 0 Å². The smallest absolute Gasteiger partial charge is 0.123 e. The van der Waals surface area contributed by atoms with Crippen molar-refractivity contribution in [2.24, 2.45) is 0 Å². The Balaban J connectivity index is 1.45. The minimum absolute atomic E-state index is 0.108. The molecule has 2 aliphatic rings. The van der Waals surface area contributed by atoms with Gasteiger partial charge in [0.05, 0.1) is 19.3 Å². The first-order valence-corrected chi connectivity index (χ1v) is 8.02. The molecule has 0 amide bonds. The van der Waals surface area contributed by atoms with E-state index in [0.717, 1.165) is 49.7 Å². The summed E-state index contributed by atoms with van der Waals surface area (Å²) in [6, 6.07) is 5.85. The van der Waals surface area contributed by atoms with E-state index in [-0.39, 0.29) is 12.7 Å². The van der Waals surface area contributed by atoms with Gasteiger partial charge in [-0.25, -0.2) is 0 Å². The number of hydrogen-bond acceptors (Lipinski definition) is 4. The van der Waals surface area contributed by atoms with Gasteiger partial charge in [-0.2, -0.15) is 0 Å². The third-order valence-electron chi connectivity index (χ3n) is 4.21. The summed E-state index contributed by atoms with van der Waals surface area (Å²) in [7, 11) is 0. The second-order valence-corrected chi connectivity index (χ2v) is 6.23. The Labute approximate surface area is 130 Å². The topological polar surface area (TPSA) is 41.9 Å². The average molecular weight is 312 g/mol. The Morgan fingerprint density at radius 3 is 2.90 bits per heavy atom. The van der Waals surface area contributed by atoms with Gasteiger partial charge in [-0.15, -0.1) is 0 Å². The molecule has 2 heterocycles. The van der Waals surface area contributed by atoms with Crippen LogP contribution in [0.25, 0.3) is 0 Å². The zero-order valence-corrected chi connectivity index (χ0v) is 12.9. The van der Waals surface area contributed by atoms with Crippen LogP contribution in [0, 0.1) is 0 Å². The summed E-state index contributed by atoms with van der Waals surface area (Å²) < 4.78 is 11.6. The molecule has 0 aromatic heterocycles. The van der Waals surface area contributed by atoms with E-state index in [1.165, 1.54) is 5.56 Å². The molecule has 1 N–H and O–H groups in total. The van der Waals surface area contributed by atoms with Gasteiger partial charge >= 0.3 is 0 Å². The highest BCUT2D eigenvalue weighted by Crippen LogP contribution is 2.31. The van der Waals surface area contributed by atoms with Crippen LogP contribution < -0.4 is 4.74 Å². The largest absolute Gasteiger partial charge is 0.488 e. The van der Waals surface area contributed by atoms with Crippen LogP contribution in [0.3, 0.4) is 0 Å². The molecule has 1 unspecified atom stereocenters. The van der Waals surface area contributed by atoms with Crippen LogP contribution in [-0.2, 0) is 11.2 Å². The number of piperidine rings is 1. The van der Waals surface area contributed by atoms with Gasteiger partial charge < -0.3 is 14.6 Å². The number of benzene rings is 1. The van der Waals surface area contributed by atoms with Gasteiger partial charge in [0.1, 0.15) is 11.9 Å². The van der Waals surface area contributed by atoms with Crippen LogP contribution in [0.2, 0.25) is 5.02 Å². The standard InChI is InChI=1S/C16H22ClNO3/c17-13-1-2-16-12(9-13)10-15(21-16)11-18-5-3-14(4-6-18)20-8-7-19/h1-2,9,14-15,19H,3-8,10-11H2. The van der Waals surface area contributed by atoms with Crippen LogP contribution in [0.4, 0.5) is 0 Å². The third-order valence-corrected chi connectivity index (χ3v) is 4.44. The lowest BCUT2D eigenvalue weighted by molar-refractivity contribution is -0.0123. The van der Waals surface area contributed by atoms with Gasteiger partial charge in [-0.3, -0.25) is 4.90 Å². The first kappa shape index (κ1) is 15.1. The average Bonchev–Trinajstić information content (AvgIpc) is 2.88. The highest BCUT2D eigenvalue weighted by Gasteiger charge is 2.27. The van der Waals surface area contributed by atoms with Crippen LogP contribution in [0.15, 0.2) is 18.2 Å². The zero-order valence-electron chi connectivity index (χ0n) is 12.1. The molecule has 4 nitrogen and oxygen atoms in total. The predicted molar refractivity (Wildman–Crippen MR) is 82.1 cm³/mol. The van der Waals surface area contributed by atoms with E-state index in [0.29, 0.717) is 12.7 Å². The van der Waals surface area contributed by atoms with Crippen LogP contribution in [0.1, 0.15) is 18.4 Å². The number of fused-ring (bicyclic) bond motifs is 1. The van der Waals surface area contributed by atoms with Crippen molar-refractivity contribution in [3.8, 4) is 5.75 Å². The number of likely N-dealkylation sites (tertiary alicyclic amines) is 1. The highest BCUT2D eigenvalue weighted by molar-refractivity contribution is 6.30. The second-order valence-electron chi connectivity index (χ2n) is 5.79. The number of nitrogens with zero attached hydrogens (tertiary/aromatic N) is 1. The van der Waals surface area contributed by atoms with Crippen molar-refractivity contribution in [3.63, 3.8) is 0 Å². The van der Waals surface area contributed by atoms with E-state index >= 15 is 0 Å². The number of ether oxygens (including phenoxy) is 2. The van der Waals surface area contributed by atoms with E-state index in [2.05, 4.69) is 4.90 Å². The van der Waals surface area contributed by atoms with Gasteiger partial charge in [0.15, 0.2) is 0 Å². The second kappa shape index (κ2) is 6.97. The Morgan fingerprint density at radius 1 is 1.33 bits per heavy atom. The molecule has 21 heavy (non-hydrogen) atoms. The molecule has 3 rings (SSSR count). The van der Waals surface area contributed by atoms with E-state index in [1.807, 2.05) is 18.2 Å². The first-order chi connectivity index (χ1) is 10.2. The summed E-state index contributed by atoms with van der Waals surface area (Å²) in [5.41, 5.74) is 1.22. The van der Waals surface area contributed by atoms with Crippen LogP contribution >= 0.6 is 11.6 Å². The molecule has 2 aliphatic heterocycles. The fourth-order valence-electron chi connectivity index (χ4n) is 3.16. The molecule has 1 aromatic carbocycles. The van der Waals surface area contributed by atoms with Crippen molar-refractivity contribution in [1.82, 2.24) is 4.90 Å². The molecule has 116 valence electrons. The maximum absolute atomic E-state index is 8.78. The minimum Gasteiger partial charge on any atom is -0.488 e. The predicted octanol–water partition coefficient (Wildman–Crippen LogP) is 2.12. The van der Waals surface area contributed by atoms with Crippen molar-refractivity contribution in [3.05, 3.63) is 28.8 Å². The SMILES string of the molecule is OCCOC1CCN(CC2Cc3cc(Cl)ccc3O2)CC1. The molecule has 1 saturated heterocycles. The number of aliphatic hydroxyl groups is 1. The van der Waals surface area contributed by atoms with Crippen molar-refractivity contribution in [1.29, 1.82) is 0 Å². The molecule has 1 aromatic rings. The van der Waals surface area contributed by atoms with Crippen molar-refractivity contribution >= 4 is 11.6 Å². The maximum Gasteiger partial charge on any atom is 0.123 e. The quantitative estimate of drug-likeness (QED) is 0.904. The molecule has 0 radical (unpaired) electrons. The van der Waals surface area contributed by atoms with Gasteiger partial charge in [-0.1, -0.05) is 11.6 Å². The monoisotopic (exact) mass is 311 g/mol. The number of aliphatic hydroxyl groups excluding tert-OH is 1. The number of rotatable bonds is 5. The molecule has 0 spiro atoms. The Morgan fingerprint density at radius 2 is 2.14 bits per heavy atom. The zero-order chi connectivity index (χ0) is 14.7. The van der Waals surface area contributed by atoms with Crippen molar-refractivity contribution in [2.75, 3.05) is 32.8 Å². The van der Waals surface area contributed by atoms with Crippen molar-refractivity contribution < 1.29 is 14.6 Å². The summed E-state index contributed by atoms with van der Waals surface area (Å²) in [6.07, 6.45) is 3.54. The molecule has 1 fully saturated rings. The molecule has 1 atom stereocenters. The van der Waals surface area contributed by atoms with E-state index < -0.39 is 0 Å².